The molecular weight excluding hydrogens is 262 g/mol. The van der Waals surface area contributed by atoms with Gasteiger partial charge < -0.3 is 9.67 Å². The molecule has 0 aliphatic carbocycles. The molecule has 1 aliphatic heterocycles. The van der Waals surface area contributed by atoms with Gasteiger partial charge in [-0.05, 0) is 19.3 Å². The third-order valence-electron chi connectivity index (χ3n) is 3.42. The van der Waals surface area contributed by atoms with Crippen LogP contribution in [0.1, 0.15) is 51.3 Å². The molecule has 19 heavy (non-hydrogen) atoms. The minimum absolute atomic E-state index is 0.406. The van der Waals surface area contributed by atoms with E-state index in [0.717, 1.165) is 49.6 Å². The Labute approximate surface area is 117 Å². The van der Waals surface area contributed by atoms with Crippen molar-refractivity contribution < 1.29 is 9.90 Å². The van der Waals surface area contributed by atoms with Crippen LogP contribution in [0.5, 0.6) is 0 Å². The van der Waals surface area contributed by atoms with E-state index in [1.165, 1.54) is 18.2 Å². The first kappa shape index (κ1) is 14.4. The first-order valence-electron chi connectivity index (χ1n) is 7.04. The molecule has 1 unspecified atom stereocenters. The van der Waals surface area contributed by atoms with E-state index in [2.05, 4.69) is 21.7 Å². The second kappa shape index (κ2) is 6.93. The van der Waals surface area contributed by atoms with Gasteiger partial charge in [-0.3, -0.25) is 4.79 Å². The average molecular weight is 283 g/mol. The summed E-state index contributed by atoms with van der Waals surface area (Å²) in [5, 5.41) is 18.0. The number of fused-ring (bicyclic) bond motifs is 1. The lowest BCUT2D eigenvalue weighted by atomic mass is 10.2. The van der Waals surface area contributed by atoms with Crippen LogP contribution in [0.4, 0.5) is 0 Å². The van der Waals surface area contributed by atoms with Gasteiger partial charge >= 0.3 is 5.97 Å². The van der Waals surface area contributed by atoms with E-state index >= 15 is 0 Å². The van der Waals surface area contributed by atoms with Crippen LogP contribution >= 0.6 is 11.8 Å². The number of aryl methyl sites for hydroxylation is 1. The van der Waals surface area contributed by atoms with Crippen molar-refractivity contribution in [3.05, 3.63) is 5.82 Å². The third kappa shape index (κ3) is 3.72. The maximum atomic E-state index is 11.3. The summed E-state index contributed by atoms with van der Waals surface area (Å²) < 4.78 is 2.11. The standard InChI is InChI=1S/C13H21N3O2S/c1-2-3-7-10(12(17)18)19-13-15-14-11-8-5-4-6-9-16(11)13/h10H,2-9H2,1H3,(H,17,18). The molecule has 0 saturated heterocycles. The zero-order valence-corrected chi connectivity index (χ0v) is 12.2. The van der Waals surface area contributed by atoms with Crippen molar-refractivity contribution in [2.24, 2.45) is 0 Å². The Morgan fingerprint density at radius 2 is 2.26 bits per heavy atom. The van der Waals surface area contributed by atoms with Crippen molar-refractivity contribution in [2.75, 3.05) is 0 Å². The van der Waals surface area contributed by atoms with Crippen LogP contribution in [0.25, 0.3) is 0 Å². The molecule has 0 radical (unpaired) electrons. The van der Waals surface area contributed by atoms with Crippen LogP contribution < -0.4 is 0 Å². The van der Waals surface area contributed by atoms with Gasteiger partial charge in [-0.25, -0.2) is 0 Å². The Kier molecular flexibility index (Phi) is 5.24. The fourth-order valence-corrected chi connectivity index (χ4v) is 3.35. The number of thioether (sulfide) groups is 1. The fourth-order valence-electron chi connectivity index (χ4n) is 2.30. The number of carbonyl (C=O) groups is 1. The highest BCUT2D eigenvalue weighted by molar-refractivity contribution is 8.00. The largest absolute Gasteiger partial charge is 0.480 e. The second-order valence-corrected chi connectivity index (χ2v) is 6.12. The van der Waals surface area contributed by atoms with E-state index in [0.29, 0.717) is 6.42 Å². The summed E-state index contributed by atoms with van der Waals surface area (Å²) in [5.41, 5.74) is 0. The molecule has 1 aromatic rings. The predicted octanol–water partition coefficient (Wildman–Crippen LogP) is 2.74. The minimum atomic E-state index is -0.746. The van der Waals surface area contributed by atoms with Crippen LogP contribution in [-0.4, -0.2) is 31.1 Å². The number of unbranched alkanes of at least 4 members (excludes halogenated alkanes) is 1. The Morgan fingerprint density at radius 3 is 3.00 bits per heavy atom. The van der Waals surface area contributed by atoms with Gasteiger partial charge in [0.15, 0.2) is 5.16 Å². The van der Waals surface area contributed by atoms with Crippen molar-refractivity contribution in [3.63, 3.8) is 0 Å². The Balaban J connectivity index is 2.08. The van der Waals surface area contributed by atoms with Crippen molar-refractivity contribution in [1.82, 2.24) is 14.8 Å². The van der Waals surface area contributed by atoms with Gasteiger partial charge in [0, 0.05) is 13.0 Å². The van der Waals surface area contributed by atoms with E-state index in [1.807, 2.05) is 0 Å². The van der Waals surface area contributed by atoms with E-state index in [-0.39, 0.29) is 0 Å². The number of rotatable bonds is 6. The molecule has 0 saturated carbocycles. The zero-order chi connectivity index (χ0) is 13.7. The fraction of sp³-hybridized carbons (Fsp3) is 0.769. The topological polar surface area (TPSA) is 68.0 Å². The number of hydrogen-bond donors (Lipinski definition) is 1. The van der Waals surface area contributed by atoms with Gasteiger partial charge in [0.05, 0.1) is 0 Å². The highest BCUT2D eigenvalue weighted by Crippen LogP contribution is 2.28. The van der Waals surface area contributed by atoms with Crippen LogP contribution in [0.3, 0.4) is 0 Å². The van der Waals surface area contributed by atoms with E-state index < -0.39 is 11.2 Å². The first-order valence-corrected chi connectivity index (χ1v) is 7.92. The summed E-state index contributed by atoms with van der Waals surface area (Å²) in [6.07, 6.45) is 7.10. The number of aliphatic carboxylic acids is 1. The van der Waals surface area contributed by atoms with E-state index in [9.17, 15) is 9.90 Å². The van der Waals surface area contributed by atoms with Gasteiger partial charge in [-0.15, -0.1) is 10.2 Å². The molecule has 1 aliphatic rings. The normalized spacial score (nSPS) is 16.7. The van der Waals surface area contributed by atoms with Crippen molar-refractivity contribution in [2.45, 2.75) is 68.8 Å². The van der Waals surface area contributed by atoms with Crippen LogP contribution in [0, 0.1) is 0 Å². The molecule has 6 heteroatoms. The molecule has 106 valence electrons. The number of nitrogens with zero attached hydrogens (tertiary/aromatic N) is 3. The lowest BCUT2D eigenvalue weighted by Gasteiger charge is -2.12. The minimum Gasteiger partial charge on any atom is -0.480 e. The summed E-state index contributed by atoms with van der Waals surface area (Å²) in [7, 11) is 0. The Bertz CT molecular complexity index is 434. The molecule has 0 aromatic carbocycles. The van der Waals surface area contributed by atoms with E-state index in [1.54, 1.807) is 0 Å². The predicted molar refractivity (Wildman–Crippen MR) is 74.4 cm³/mol. The molecule has 5 nitrogen and oxygen atoms in total. The molecule has 2 heterocycles. The van der Waals surface area contributed by atoms with Gasteiger partial charge in [-0.2, -0.15) is 0 Å². The van der Waals surface area contributed by atoms with E-state index in [4.69, 9.17) is 0 Å². The quantitative estimate of drug-likeness (QED) is 0.813. The smallest absolute Gasteiger partial charge is 0.317 e. The molecule has 1 atom stereocenters. The zero-order valence-electron chi connectivity index (χ0n) is 11.3. The summed E-state index contributed by atoms with van der Waals surface area (Å²) in [6, 6.07) is 0. The second-order valence-electron chi connectivity index (χ2n) is 4.95. The number of carboxylic acid groups (broad SMARTS) is 1. The Hall–Kier alpha value is -1.04. The molecule has 1 aromatic heterocycles. The summed E-state index contributed by atoms with van der Waals surface area (Å²) in [5.74, 6) is 0.268. The molecule has 2 rings (SSSR count). The molecular formula is C13H21N3O2S. The molecule has 1 N–H and O–H groups in total. The van der Waals surface area contributed by atoms with Crippen LogP contribution in [-0.2, 0) is 17.8 Å². The highest BCUT2D eigenvalue weighted by Gasteiger charge is 2.23. The monoisotopic (exact) mass is 283 g/mol. The summed E-state index contributed by atoms with van der Waals surface area (Å²) in [6.45, 7) is 3.00. The highest BCUT2D eigenvalue weighted by atomic mass is 32.2. The van der Waals surface area contributed by atoms with Crippen molar-refractivity contribution in [3.8, 4) is 0 Å². The SMILES string of the molecule is CCCCC(Sc1nnc2n1CCCCC2)C(=O)O. The number of aromatic nitrogens is 3. The van der Waals surface area contributed by atoms with Crippen molar-refractivity contribution in [1.29, 1.82) is 0 Å². The van der Waals surface area contributed by atoms with Gasteiger partial charge in [0.25, 0.3) is 0 Å². The first-order chi connectivity index (χ1) is 9.22. The summed E-state index contributed by atoms with van der Waals surface area (Å²) >= 11 is 1.36. The van der Waals surface area contributed by atoms with Crippen molar-refractivity contribution >= 4 is 17.7 Å². The number of hydrogen-bond acceptors (Lipinski definition) is 4. The Morgan fingerprint density at radius 1 is 1.42 bits per heavy atom. The average Bonchev–Trinajstić information content (AvgIpc) is 2.62. The molecule has 0 fully saturated rings. The van der Waals surface area contributed by atoms with Gasteiger partial charge in [0.2, 0.25) is 0 Å². The maximum absolute atomic E-state index is 11.3. The molecule has 0 bridgehead atoms. The lowest BCUT2D eigenvalue weighted by molar-refractivity contribution is -0.136. The molecule has 0 amide bonds. The van der Waals surface area contributed by atoms with Gasteiger partial charge in [-0.1, -0.05) is 37.9 Å². The lowest BCUT2D eigenvalue weighted by Crippen LogP contribution is -2.17. The summed E-state index contributed by atoms with van der Waals surface area (Å²) in [4.78, 5) is 11.3. The van der Waals surface area contributed by atoms with Gasteiger partial charge in [0.1, 0.15) is 11.1 Å². The molecule has 0 spiro atoms. The van der Waals surface area contributed by atoms with Crippen LogP contribution in [0.2, 0.25) is 0 Å². The maximum Gasteiger partial charge on any atom is 0.317 e. The third-order valence-corrected chi connectivity index (χ3v) is 4.65. The number of carboxylic acids is 1. The van der Waals surface area contributed by atoms with Crippen LogP contribution in [0.15, 0.2) is 5.16 Å².